The zero-order valence-electron chi connectivity index (χ0n) is 12.6. The summed E-state index contributed by atoms with van der Waals surface area (Å²) in [6.07, 6.45) is -5.72. The number of ether oxygens (including phenoxy) is 1. The number of nitrogen functional groups attached to an aromatic ring is 1. The topological polar surface area (TPSA) is 53.1 Å². The second kappa shape index (κ2) is 6.81. The summed E-state index contributed by atoms with van der Waals surface area (Å²) in [5.74, 6) is -1.33. The molecule has 0 radical (unpaired) electrons. The average Bonchev–Trinajstić information content (AvgIpc) is 2.81. The van der Waals surface area contributed by atoms with Crippen molar-refractivity contribution in [1.82, 2.24) is 9.78 Å². The van der Waals surface area contributed by atoms with E-state index >= 15 is 0 Å². The van der Waals surface area contributed by atoms with E-state index in [1.807, 2.05) is 0 Å². The normalized spacial score (nSPS) is 12.2. The molecule has 2 rings (SSSR count). The SMILES string of the molecule is Cc1cc(Cc2c(C(F)(F)F)nn(C(F)F)c2OC(F)F)ccc1N. The first-order chi connectivity index (χ1) is 11.5. The first-order valence-electron chi connectivity index (χ1n) is 6.77. The fraction of sp³-hybridized carbons (Fsp3) is 0.357. The van der Waals surface area contributed by atoms with Crippen LogP contribution in [-0.2, 0) is 12.6 Å². The molecule has 2 aromatic rings. The summed E-state index contributed by atoms with van der Waals surface area (Å²) >= 11 is 0. The van der Waals surface area contributed by atoms with Crippen molar-refractivity contribution in [3.8, 4) is 5.88 Å². The molecule has 0 aliphatic heterocycles. The Balaban J connectivity index is 2.60. The van der Waals surface area contributed by atoms with Crippen LogP contribution in [0.5, 0.6) is 5.88 Å². The Labute approximate surface area is 137 Å². The van der Waals surface area contributed by atoms with Crippen LogP contribution in [0.3, 0.4) is 0 Å². The van der Waals surface area contributed by atoms with E-state index in [2.05, 4.69) is 9.84 Å². The van der Waals surface area contributed by atoms with Crippen LogP contribution in [0.25, 0.3) is 0 Å². The summed E-state index contributed by atoms with van der Waals surface area (Å²) in [5, 5.41) is 2.73. The summed E-state index contributed by atoms with van der Waals surface area (Å²) in [6, 6.07) is 4.18. The zero-order valence-corrected chi connectivity index (χ0v) is 12.6. The smallest absolute Gasteiger partial charge is 0.417 e. The van der Waals surface area contributed by atoms with Crippen molar-refractivity contribution in [2.75, 3.05) is 5.73 Å². The van der Waals surface area contributed by atoms with E-state index in [1.54, 1.807) is 6.92 Å². The van der Waals surface area contributed by atoms with E-state index in [-0.39, 0.29) is 5.56 Å². The standard InChI is InChI=1S/C14H12F7N3O/c1-6-4-7(2-3-9(6)22)5-8-10(14(19,20)21)23-24(12(15)16)11(8)25-13(17)18/h2-4,12-13H,5,22H2,1H3. The maximum atomic E-state index is 13.1. The Morgan fingerprint density at radius 1 is 1.20 bits per heavy atom. The van der Waals surface area contributed by atoms with Gasteiger partial charge in [-0.05, 0) is 24.1 Å². The number of hydrogen-bond acceptors (Lipinski definition) is 3. The van der Waals surface area contributed by atoms with Gasteiger partial charge in [-0.25, -0.2) is 0 Å². The highest BCUT2D eigenvalue weighted by Crippen LogP contribution is 2.39. The number of halogens is 7. The minimum Gasteiger partial charge on any atom is -0.417 e. The van der Waals surface area contributed by atoms with Gasteiger partial charge in [0.05, 0.1) is 5.56 Å². The van der Waals surface area contributed by atoms with Crippen LogP contribution in [0.15, 0.2) is 18.2 Å². The van der Waals surface area contributed by atoms with Gasteiger partial charge in [-0.3, -0.25) is 0 Å². The van der Waals surface area contributed by atoms with Crippen LogP contribution in [0.4, 0.5) is 36.4 Å². The molecule has 0 saturated heterocycles. The number of hydrogen-bond donors (Lipinski definition) is 1. The molecule has 0 unspecified atom stereocenters. The third-order valence-corrected chi connectivity index (χ3v) is 3.33. The summed E-state index contributed by atoms with van der Waals surface area (Å²) in [7, 11) is 0. The quantitative estimate of drug-likeness (QED) is 0.627. The van der Waals surface area contributed by atoms with Crippen LogP contribution in [-0.4, -0.2) is 16.4 Å². The highest BCUT2D eigenvalue weighted by Gasteiger charge is 2.41. The number of rotatable bonds is 5. The molecule has 11 heteroatoms. The van der Waals surface area contributed by atoms with Gasteiger partial charge in [-0.2, -0.15) is 40.5 Å². The number of aryl methyl sites for hydroxylation is 1. The van der Waals surface area contributed by atoms with Gasteiger partial charge in [0.2, 0.25) is 5.88 Å². The third kappa shape index (κ3) is 4.15. The highest BCUT2D eigenvalue weighted by atomic mass is 19.4. The number of alkyl halides is 7. The van der Waals surface area contributed by atoms with E-state index in [4.69, 9.17) is 5.73 Å². The van der Waals surface area contributed by atoms with Crippen molar-refractivity contribution < 1.29 is 35.5 Å². The van der Waals surface area contributed by atoms with E-state index in [0.717, 1.165) is 0 Å². The molecule has 0 saturated carbocycles. The lowest BCUT2D eigenvalue weighted by atomic mass is 10.0. The Morgan fingerprint density at radius 3 is 2.32 bits per heavy atom. The second-order valence-electron chi connectivity index (χ2n) is 5.10. The first kappa shape index (κ1) is 18.9. The summed E-state index contributed by atoms with van der Waals surface area (Å²) < 4.78 is 93.5. The molecule has 0 bridgehead atoms. The van der Waals surface area contributed by atoms with Crippen LogP contribution in [0.1, 0.15) is 28.9 Å². The number of benzene rings is 1. The van der Waals surface area contributed by atoms with Crippen molar-refractivity contribution >= 4 is 5.69 Å². The van der Waals surface area contributed by atoms with E-state index in [9.17, 15) is 30.7 Å². The van der Waals surface area contributed by atoms with E-state index in [1.165, 1.54) is 18.2 Å². The molecular formula is C14H12F7N3O. The largest absolute Gasteiger partial charge is 0.435 e. The van der Waals surface area contributed by atoms with Crippen molar-refractivity contribution in [2.45, 2.75) is 32.7 Å². The molecule has 0 atom stereocenters. The van der Waals surface area contributed by atoms with Gasteiger partial charge in [-0.15, -0.1) is 0 Å². The lowest BCUT2D eigenvalue weighted by molar-refractivity contribution is -0.142. The predicted octanol–water partition coefficient (Wildman–Crippen LogP) is 4.38. The first-order valence-corrected chi connectivity index (χ1v) is 6.77. The highest BCUT2D eigenvalue weighted by molar-refractivity contribution is 5.49. The molecule has 25 heavy (non-hydrogen) atoms. The molecule has 0 fully saturated rings. The van der Waals surface area contributed by atoms with Gasteiger partial charge in [0.15, 0.2) is 5.69 Å². The van der Waals surface area contributed by atoms with E-state index in [0.29, 0.717) is 11.3 Å². The Hall–Kier alpha value is -2.46. The number of nitrogens with zero attached hydrogens (tertiary/aromatic N) is 2. The van der Waals surface area contributed by atoms with Crippen molar-refractivity contribution in [1.29, 1.82) is 0 Å². The molecule has 4 nitrogen and oxygen atoms in total. The molecule has 1 aromatic heterocycles. The van der Waals surface area contributed by atoms with Gasteiger partial charge in [-0.1, -0.05) is 12.1 Å². The van der Waals surface area contributed by atoms with Crippen molar-refractivity contribution in [3.63, 3.8) is 0 Å². The molecule has 138 valence electrons. The molecule has 1 aromatic carbocycles. The molecule has 0 amide bonds. The molecular weight excluding hydrogens is 359 g/mol. The molecule has 0 aliphatic rings. The summed E-state index contributed by atoms with van der Waals surface area (Å²) in [4.78, 5) is 0. The van der Waals surface area contributed by atoms with Gasteiger partial charge >= 0.3 is 19.3 Å². The maximum absolute atomic E-state index is 13.1. The van der Waals surface area contributed by atoms with Gasteiger partial charge in [0.1, 0.15) is 0 Å². The lowest BCUT2D eigenvalue weighted by Crippen LogP contribution is -2.11. The third-order valence-electron chi connectivity index (χ3n) is 3.33. The number of nitrogens with two attached hydrogens (primary N) is 1. The number of anilines is 1. The minimum absolute atomic E-state index is 0.241. The Morgan fingerprint density at radius 2 is 1.84 bits per heavy atom. The summed E-state index contributed by atoms with van der Waals surface area (Å²) in [6.45, 7) is -5.60. The molecule has 1 heterocycles. The number of aromatic nitrogens is 2. The average molecular weight is 371 g/mol. The fourth-order valence-corrected chi connectivity index (χ4v) is 2.23. The van der Waals surface area contributed by atoms with Crippen LogP contribution < -0.4 is 10.5 Å². The van der Waals surface area contributed by atoms with Crippen molar-refractivity contribution in [2.24, 2.45) is 0 Å². The van der Waals surface area contributed by atoms with Crippen LogP contribution in [0, 0.1) is 6.92 Å². The monoisotopic (exact) mass is 371 g/mol. The minimum atomic E-state index is -5.13. The Bertz CT molecular complexity index is 756. The van der Waals surface area contributed by atoms with Crippen LogP contribution in [0.2, 0.25) is 0 Å². The predicted molar refractivity (Wildman–Crippen MR) is 73.5 cm³/mol. The Kier molecular flexibility index (Phi) is 5.14. The maximum Gasteiger partial charge on any atom is 0.435 e. The lowest BCUT2D eigenvalue weighted by Gasteiger charge is -2.11. The van der Waals surface area contributed by atoms with Gasteiger partial charge < -0.3 is 10.5 Å². The molecule has 0 aliphatic carbocycles. The van der Waals surface area contributed by atoms with Crippen molar-refractivity contribution in [3.05, 3.63) is 40.6 Å². The zero-order chi connectivity index (χ0) is 18.9. The van der Waals surface area contributed by atoms with Gasteiger partial charge in [0.25, 0.3) is 0 Å². The van der Waals surface area contributed by atoms with E-state index < -0.39 is 47.6 Å². The van der Waals surface area contributed by atoms with Gasteiger partial charge in [0, 0.05) is 12.1 Å². The second-order valence-corrected chi connectivity index (χ2v) is 5.10. The summed E-state index contributed by atoms with van der Waals surface area (Å²) in [5.41, 5.74) is 4.13. The molecule has 0 spiro atoms. The fourth-order valence-electron chi connectivity index (χ4n) is 2.23. The van der Waals surface area contributed by atoms with Crippen LogP contribution >= 0.6 is 0 Å². The molecule has 2 N–H and O–H groups in total.